The molecule has 0 spiro atoms. The molecule has 2 rings (SSSR count). The second-order valence-electron chi connectivity index (χ2n) is 6.80. The summed E-state index contributed by atoms with van der Waals surface area (Å²) in [6, 6.07) is 20.9. The van der Waals surface area contributed by atoms with Gasteiger partial charge in [0, 0.05) is 18.5 Å². The van der Waals surface area contributed by atoms with Gasteiger partial charge in [-0.05, 0) is 24.1 Å². The largest absolute Gasteiger partial charge is 0.409 e. The topological polar surface area (TPSA) is 61.8 Å². The molecule has 4 nitrogen and oxygen atoms in total. The van der Waals surface area contributed by atoms with Gasteiger partial charge in [-0.25, -0.2) is 0 Å². The number of hydrogen-bond acceptors (Lipinski definition) is 3. The number of rotatable bonds is 8. The van der Waals surface area contributed by atoms with Crippen molar-refractivity contribution in [1.29, 1.82) is 0 Å². The fraction of sp³-hybridized carbons (Fsp3) is 0.350. The molecule has 0 aliphatic rings. The van der Waals surface area contributed by atoms with Crippen molar-refractivity contribution in [2.75, 3.05) is 6.54 Å². The van der Waals surface area contributed by atoms with E-state index in [-0.39, 0.29) is 11.3 Å². The average Bonchev–Trinajstić information content (AvgIpc) is 2.61. The van der Waals surface area contributed by atoms with Crippen LogP contribution in [-0.4, -0.2) is 22.5 Å². The Labute approximate surface area is 144 Å². The van der Waals surface area contributed by atoms with Crippen LogP contribution in [0.15, 0.2) is 65.8 Å². The molecule has 2 aromatic rings. The Morgan fingerprint density at radius 3 is 1.83 bits per heavy atom. The molecule has 0 radical (unpaired) electrons. The number of nitrogens with zero attached hydrogens (tertiary/aromatic N) is 2. The molecular weight excluding hydrogens is 298 g/mol. The zero-order chi connectivity index (χ0) is 17.4. The van der Waals surface area contributed by atoms with Gasteiger partial charge in [0.05, 0.1) is 0 Å². The SMILES string of the molecule is CC(C)(CCN(Cc1ccccc1)Cc1ccccc1)/C(N)=N/O. The van der Waals surface area contributed by atoms with Gasteiger partial charge in [-0.3, -0.25) is 4.90 Å². The van der Waals surface area contributed by atoms with E-state index < -0.39 is 0 Å². The summed E-state index contributed by atoms with van der Waals surface area (Å²) >= 11 is 0. The summed E-state index contributed by atoms with van der Waals surface area (Å²) in [6.07, 6.45) is 0.822. The van der Waals surface area contributed by atoms with Crippen molar-refractivity contribution in [2.45, 2.75) is 33.4 Å². The molecule has 0 saturated carbocycles. The molecule has 2 aromatic carbocycles. The standard InChI is InChI=1S/C20H27N3O/c1-20(2,19(21)22-24)13-14-23(15-17-9-5-3-6-10-17)16-18-11-7-4-8-12-18/h3-12,24H,13-16H2,1-2H3,(H2,21,22). The second kappa shape index (κ2) is 8.50. The molecule has 0 aliphatic carbocycles. The van der Waals surface area contributed by atoms with Crippen LogP contribution in [0.4, 0.5) is 0 Å². The maximum absolute atomic E-state index is 8.96. The lowest BCUT2D eigenvalue weighted by Crippen LogP contribution is -2.36. The van der Waals surface area contributed by atoms with E-state index in [0.717, 1.165) is 26.1 Å². The van der Waals surface area contributed by atoms with Gasteiger partial charge in [-0.15, -0.1) is 0 Å². The van der Waals surface area contributed by atoms with Crippen molar-refractivity contribution in [2.24, 2.45) is 16.3 Å². The van der Waals surface area contributed by atoms with Crippen LogP contribution in [0.2, 0.25) is 0 Å². The minimum Gasteiger partial charge on any atom is -0.409 e. The van der Waals surface area contributed by atoms with Crippen molar-refractivity contribution < 1.29 is 5.21 Å². The normalized spacial score (nSPS) is 12.5. The quantitative estimate of drug-likeness (QED) is 0.335. The molecule has 0 atom stereocenters. The number of amidine groups is 1. The summed E-state index contributed by atoms with van der Waals surface area (Å²) in [5, 5.41) is 12.1. The number of benzene rings is 2. The Kier molecular flexibility index (Phi) is 6.38. The van der Waals surface area contributed by atoms with E-state index in [2.05, 4.69) is 58.6 Å². The summed E-state index contributed by atoms with van der Waals surface area (Å²) in [5.74, 6) is 0.280. The van der Waals surface area contributed by atoms with E-state index >= 15 is 0 Å². The summed E-state index contributed by atoms with van der Waals surface area (Å²) in [4.78, 5) is 2.40. The summed E-state index contributed by atoms with van der Waals surface area (Å²) in [7, 11) is 0. The van der Waals surface area contributed by atoms with E-state index in [4.69, 9.17) is 10.9 Å². The molecule has 0 aliphatic heterocycles. The Hall–Kier alpha value is -2.33. The highest BCUT2D eigenvalue weighted by Crippen LogP contribution is 2.22. The molecule has 24 heavy (non-hydrogen) atoms. The molecule has 0 amide bonds. The van der Waals surface area contributed by atoms with Gasteiger partial charge in [-0.2, -0.15) is 0 Å². The third kappa shape index (κ3) is 5.39. The molecule has 128 valence electrons. The lowest BCUT2D eigenvalue weighted by Gasteiger charge is -2.28. The van der Waals surface area contributed by atoms with E-state index in [1.165, 1.54) is 11.1 Å². The van der Waals surface area contributed by atoms with Gasteiger partial charge in [0.25, 0.3) is 0 Å². The highest BCUT2D eigenvalue weighted by atomic mass is 16.4. The van der Waals surface area contributed by atoms with Crippen LogP contribution in [0, 0.1) is 5.41 Å². The van der Waals surface area contributed by atoms with E-state index in [9.17, 15) is 0 Å². The van der Waals surface area contributed by atoms with Crippen LogP contribution in [0.5, 0.6) is 0 Å². The van der Waals surface area contributed by atoms with Crippen LogP contribution in [0.3, 0.4) is 0 Å². The van der Waals surface area contributed by atoms with Crippen LogP contribution < -0.4 is 5.73 Å². The third-order valence-corrected chi connectivity index (χ3v) is 4.35. The lowest BCUT2D eigenvalue weighted by molar-refractivity contribution is 0.226. The van der Waals surface area contributed by atoms with Crippen molar-refractivity contribution in [3.05, 3.63) is 71.8 Å². The number of nitrogens with two attached hydrogens (primary N) is 1. The average molecular weight is 325 g/mol. The minimum atomic E-state index is -0.333. The molecule has 0 aromatic heterocycles. The van der Waals surface area contributed by atoms with Crippen molar-refractivity contribution in [1.82, 2.24) is 4.90 Å². The molecule has 0 fully saturated rings. The van der Waals surface area contributed by atoms with Crippen LogP contribution >= 0.6 is 0 Å². The van der Waals surface area contributed by atoms with Gasteiger partial charge in [0.1, 0.15) is 5.84 Å². The van der Waals surface area contributed by atoms with Gasteiger partial charge in [0.15, 0.2) is 0 Å². The number of hydrogen-bond donors (Lipinski definition) is 2. The summed E-state index contributed by atoms with van der Waals surface area (Å²) in [6.45, 7) is 6.63. The van der Waals surface area contributed by atoms with E-state index in [1.54, 1.807) is 0 Å². The van der Waals surface area contributed by atoms with Gasteiger partial charge in [-0.1, -0.05) is 79.7 Å². The zero-order valence-corrected chi connectivity index (χ0v) is 14.5. The highest BCUT2D eigenvalue weighted by Gasteiger charge is 2.24. The van der Waals surface area contributed by atoms with E-state index in [1.807, 2.05) is 26.0 Å². The van der Waals surface area contributed by atoms with Crippen molar-refractivity contribution in [3.8, 4) is 0 Å². The first-order chi connectivity index (χ1) is 11.5. The minimum absolute atomic E-state index is 0.280. The van der Waals surface area contributed by atoms with Crippen LogP contribution in [0.25, 0.3) is 0 Å². The fourth-order valence-corrected chi connectivity index (χ4v) is 2.60. The first-order valence-electron chi connectivity index (χ1n) is 8.29. The Bertz CT molecular complexity index is 597. The Morgan fingerprint density at radius 2 is 1.42 bits per heavy atom. The van der Waals surface area contributed by atoms with Gasteiger partial charge >= 0.3 is 0 Å². The molecule has 0 unspecified atom stereocenters. The van der Waals surface area contributed by atoms with Gasteiger partial charge < -0.3 is 10.9 Å². The Balaban J connectivity index is 2.07. The molecule has 0 saturated heterocycles. The lowest BCUT2D eigenvalue weighted by atomic mass is 9.88. The Morgan fingerprint density at radius 1 is 0.958 bits per heavy atom. The third-order valence-electron chi connectivity index (χ3n) is 4.35. The summed E-state index contributed by atoms with van der Waals surface area (Å²) < 4.78 is 0. The van der Waals surface area contributed by atoms with Crippen molar-refractivity contribution in [3.63, 3.8) is 0 Å². The van der Waals surface area contributed by atoms with E-state index in [0.29, 0.717) is 0 Å². The number of oxime groups is 1. The fourth-order valence-electron chi connectivity index (χ4n) is 2.60. The van der Waals surface area contributed by atoms with Gasteiger partial charge in [0.2, 0.25) is 0 Å². The predicted molar refractivity (Wildman–Crippen MR) is 98.8 cm³/mol. The molecule has 3 N–H and O–H groups in total. The maximum Gasteiger partial charge on any atom is 0.144 e. The van der Waals surface area contributed by atoms with Crippen LogP contribution in [-0.2, 0) is 13.1 Å². The predicted octanol–water partition coefficient (Wildman–Crippen LogP) is 3.85. The first-order valence-corrected chi connectivity index (χ1v) is 8.29. The summed E-state index contributed by atoms with van der Waals surface area (Å²) in [5.41, 5.74) is 8.06. The van der Waals surface area contributed by atoms with Crippen molar-refractivity contribution >= 4 is 5.84 Å². The molecular formula is C20H27N3O. The molecule has 0 heterocycles. The zero-order valence-electron chi connectivity index (χ0n) is 14.5. The second-order valence-corrected chi connectivity index (χ2v) is 6.80. The highest BCUT2D eigenvalue weighted by molar-refractivity contribution is 5.85. The maximum atomic E-state index is 8.96. The monoisotopic (exact) mass is 325 g/mol. The molecule has 4 heteroatoms. The van der Waals surface area contributed by atoms with Crippen LogP contribution in [0.1, 0.15) is 31.4 Å². The first kappa shape index (κ1) is 18.0. The molecule has 0 bridgehead atoms. The smallest absolute Gasteiger partial charge is 0.144 e.